The zero-order valence-corrected chi connectivity index (χ0v) is 25.5. The van der Waals surface area contributed by atoms with E-state index in [0.29, 0.717) is 18.1 Å². The van der Waals surface area contributed by atoms with E-state index >= 15 is 0 Å². The quantitative estimate of drug-likeness (QED) is 0.187. The van der Waals surface area contributed by atoms with Crippen LogP contribution in [0.2, 0.25) is 0 Å². The molecule has 0 aliphatic rings. The Morgan fingerprint density at radius 3 is 2.30 bits per heavy atom. The molecule has 0 fully saturated rings. The van der Waals surface area contributed by atoms with Crippen molar-refractivity contribution >= 4 is 21.9 Å². The summed E-state index contributed by atoms with van der Waals surface area (Å²) in [6.07, 6.45) is 3.56. The van der Waals surface area contributed by atoms with E-state index in [4.69, 9.17) is 14.2 Å². The number of hydrogen-bond donors (Lipinski definition) is 1. The molecule has 0 amide bonds. The average Bonchev–Trinajstić information content (AvgIpc) is 3.42. The van der Waals surface area contributed by atoms with Crippen LogP contribution in [-0.2, 0) is 13.0 Å². The van der Waals surface area contributed by atoms with Gasteiger partial charge in [0.1, 0.15) is 24.5 Å². The highest BCUT2D eigenvalue weighted by atomic mass is 16.5. The average molecular weight is 575 g/mol. The fourth-order valence-corrected chi connectivity index (χ4v) is 4.91. The molecular weight excluding hydrogens is 536 g/mol. The molecule has 2 heterocycles. The lowest BCUT2D eigenvalue weighted by atomic mass is 10.0. The number of nitrogens with zero attached hydrogens (tertiary/aromatic N) is 3. The van der Waals surface area contributed by atoms with E-state index in [-0.39, 0.29) is 0 Å². The third-order valence-corrected chi connectivity index (χ3v) is 7.19. The number of H-pyrrole nitrogens is 1. The fraction of sp³-hybridized carbons (Fsp3) is 0.250. The first-order valence-corrected chi connectivity index (χ1v) is 14.7. The Morgan fingerprint density at radius 2 is 1.53 bits per heavy atom. The Kier molecular flexibility index (Phi) is 9.52. The van der Waals surface area contributed by atoms with E-state index in [1.807, 2.05) is 56.3 Å². The Morgan fingerprint density at radius 1 is 0.744 bits per heavy atom. The summed E-state index contributed by atoms with van der Waals surface area (Å²) in [5.74, 6) is 3.33. The van der Waals surface area contributed by atoms with Gasteiger partial charge in [-0.2, -0.15) is 0 Å². The Hall–Kier alpha value is -4.91. The third-order valence-electron chi connectivity index (χ3n) is 7.19. The zero-order valence-electron chi connectivity index (χ0n) is 25.5. The number of aromatic nitrogens is 4. The van der Waals surface area contributed by atoms with Gasteiger partial charge in [0.05, 0.1) is 30.3 Å². The normalized spacial score (nSPS) is 10.8. The summed E-state index contributed by atoms with van der Waals surface area (Å²) in [5.41, 5.74) is 8.66. The number of nitrogens with one attached hydrogen (secondary N) is 1. The molecule has 7 nitrogen and oxygen atoms in total. The standard InChI is InChI=1S/C19H22N2O.C17H16N2O2/c1-4-10-22-19-9-7-15(11-14(19)5-2)16-6-8-17-18(12-16)21-13(3)20-17;1-12-14-8-16(20-2)17(9-15(14)19-11-18-12)21-10-13-6-4-3-5-7-13/h6-9,11-12H,4-5,10H2,1-3H3,(H,20,21);3-9,11H,10H2,1-2H3. The number of aryl methyl sites for hydroxylation is 3. The first kappa shape index (κ1) is 29.6. The molecule has 0 aliphatic heterocycles. The maximum Gasteiger partial charge on any atom is 0.163 e. The van der Waals surface area contributed by atoms with E-state index in [9.17, 15) is 0 Å². The van der Waals surface area contributed by atoms with Crippen molar-refractivity contribution in [1.29, 1.82) is 0 Å². The molecule has 43 heavy (non-hydrogen) atoms. The van der Waals surface area contributed by atoms with E-state index in [2.05, 4.69) is 70.2 Å². The number of ether oxygens (including phenoxy) is 3. The van der Waals surface area contributed by atoms with Gasteiger partial charge in [-0.25, -0.2) is 15.0 Å². The SMILES string of the molecule is CCCOc1ccc(-c2ccc3nc(C)[nH]c3c2)cc1CC.COc1cc2c(C)ncnc2cc1OCc1ccccc1. The van der Waals surface area contributed by atoms with Crippen molar-refractivity contribution in [1.82, 2.24) is 19.9 Å². The van der Waals surface area contributed by atoms with Gasteiger partial charge in [0, 0.05) is 17.1 Å². The second-order valence-corrected chi connectivity index (χ2v) is 10.3. The summed E-state index contributed by atoms with van der Waals surface area (Å²) >= 11 is 0. The molecule has 0 bridgehead atoms. The van der Waals surface area contributed by atoms with Crippen LogP contribution >= 0.6 is 0 Å². The van der Waals surface area contributed by atoms with Gasteiger partial charge in [-0.1, -0.05) is 56.3 Å². The molecule has 0 saturated carbocycles. The summed E-state index contributed by atoms with van der Waals surface area (Å²) < 4.78 is 17.1. The van der Waals surface area contributed by atoms with E-state index in [1.54, 1.807) is 13.4 Å². The molecule has 4 aromatic carbocycles. The number of rotatable bonds is 9. The number of benzene rings is 4. The summed E-state index contributed by atoms with van der Waals surface area (Å²) in [5, 5.41) is 0.974. The molecule has 0 atom stereocenters. The lowest BCUT2D eigenvalue weighted by Gasteiger charge is -2.12. The molecule has 2 aromatic heterocycles. The van der Waals surface area contributed by atoms with Crippen LogP contribution in [0.4, 0.5) is 0 Å². The van der Waals surface area contributed by atoms with Crippen LogP contribution in [0.15, 0.2) is 85.2 Å². The van der Waals surface area contributed by atoms with Gasteiger partial charge in [0.2, 0.25) is 0 Å². The van der Waals surface area contributed by atoms with Crippen LogP contribution in [0.3, 0.4) is 0 Å². The lowest BCUT2D eigenvalue weighted by Crippen LogP contribution is -1.98. The topological polar surface area (TPSA) is 82.2 Å². The van der Waals surface area contributed by atoms with Crippen molar-refractivity contribution in [3.8, 4) is 28.4 Å². The van der Waals surface area contributed by atoms with Gasteiger partial charge in [-0.3, -0.25) is 0 Å². The number of imidazole rings is 1. The van der Waals surface area contributed by atoms with Gasteiger partial charge < -0.3 is 19.2 Å². The molecule has 220 valence electrons. The second kappa shape index (κ2) is 13.8. The number of methoxy groups -OCH3 is 1. The molecular formula is C36H38N4O3. The first-order valence-electron chi connectivity index (χ1n) is 14.7. The molecule has 0 aliphatic carbocycles. The van der Waals surface area contributed by atoms with Crippen molar-refractivity contribution in [2.24, 2.45) is 0 Å². The van der Waals surface area contributed by atoms with Crippen LogP contribution in [0.5, 0.6) is 17.2 Å². The van der Waals surface area contributed by atoms with Crippen LogP contribution in [0.25, 0.3) is 33.1 Å². The fourth-order valence-electron chi connectivity index (χ4n) is 4.91. The molecule has 0 radical (unpaired) electrons. The Bertz CT molecular complexity index is 1820. The summed E-state index contributed by atoms with van der Waals surface area (Å²) in [6.45, 7) is 9.49. The summed E-state index contributed by atoms with van der Waals surface area (Å²) in [6, 6.07) is 26.7. The smallest absolute Gasteiger partial charge is 0.163 e. The number of aromatic amines is 1. The first-order chi connectivity index (χ1) is 21.0. The lowest BCUT2D eigenvalue weighted by molar-refractivity contribution is 0.285. The van der Waals surface area contributed by atoms with Gasteiger partial charge in [-0.05, 0) is 79.3 Å². The molecule has 0 spiro atoms. The van der Waals surface area contributed by atoms with Gasteiger partial charge >= 0.3 is 0 Å². The van der Waals surface area contributed by atoms with Crippen LogP contribution in [0, 0.1) is 13.8 Å². The number of fused-ring (bicyclic) bond motifs is 2. The van der Waals surface area contributed by atoms with Crippen LogP contribution in [0.1, 0.15) is 42.9 Å². The van der Waals surface area contributed by atoms with E-state index < -0.39 is 0 Å². The van der Waals surface area contributed by atoms with E-state index in [0.717, 1.165) is 64.2 Å². The molecule has 0 saturated heterocycles. The Balaban J connectivity index is 0.000000171. The molecule has 7 heteroatoms. The minimum Gasteiger partial charge on any atom is -0.493 e. The second-order valence-electron chi connectivity index (χ2n) is 10.3. The highest BCUT2D eigenvalue weighted by Gasteiger charge is 2.10. The molecule has 1 N–H and O–H groups in total. The van der Waals surface area contributed by atoms with Crippen molar-refractivity contribution in [2.45, 2.75) is 47.1 Å². The third kappa shape index (κ3) is 7.12. The Labute approximate surface area is 252 Å². The van der Waals surface area contributed by atoms with Crippen molar-refractivity contribution in [3.63, 3.8) is 0 Å². The van der Waals surface area contributed by atoms with Crippen LogP contribution in [-0.4, -0.2) is 33.7 Å². The van der Waals surface area contributed by atoms with Crippen molar-refractivity contribution in [3.05, 3.63) is 108 Å². The minimum atomic E-state index is 0.493. The molecule has 0 unspecified atom stereocenters. The predicted molar refractivity (Wildman–Crippen MR) is 173 cm³/mol. The van der Waals surface area contributed by atoms with Crippen molar-refractivity contribution < 1.29 is 14.2 Å². The molecule has 6 aromatic rings. The molecule has 6 rings (SSSR count). The highest BCUT2D eigenvalue weighted by molar-refractivity contribution is 5.84. The zero-order chi connectivity index (χ0) is 30.2. The maximum atomic E-state index is 5.88. The predicted octanol–water partition coefficient (Wildman–Crippen LogP) is 8.42. The minimum absolute atomic E-state index is 0.493. The van der Waals surface area contributed by atoms with Gasteiger partial charge in [0.25, 0.3) is 0 Å². The maximum absolute atomic E-state index is 5.88. The largest absolute Gasteiger partial charge is 0.493 e. The highest BCUT2D eigenvalue weighted by Crippen LogP contribution is 2.33. The summed E-state index contributed by atoms with van der Waals surface area (Å²) in [4.78, 5) is 16.2. The van der Waals surface area contributed by atoms with E-state index in [1.165, 1.54) is 16.7 Å². The number of hydrogen-bond acceptors (Lipinski definition) is 6. The van der Waals surface area contributed by atoms with Gasteiger partial charge in [0.15, 0.2) is 11.5 Å². The summed E-state index contributed by atoms with van der Waals surface area (Å²) in [7, 11) is 1.63. The van der Waals surface area contributed by atoms with Crippen molar-refractivity contribution in [2.75, 3.05) is 13.7 Å². The van der Waals surface area contributed by atoms with Gasteiger partial charge in [-0.15, -0.1) is 0 Å². The van der Waals surface area contributed by atoms with Crippen LogP contribution < -0.4 is 14.2 Å². The monoisotopic (exact) mass is 574 g/mol.